The van der Waals surface area contributed by atoms with Crippen LogP contribution in [0, 0.1) is 5.82 Å². The molecule has 1 heterocycles. The van der Waals surface area contributed by atoms with Crippen LogP contribution in [0.4, 0.5) is 4.39 Å². The molecular weight excluding hydrogens is 261 g/mol. The Labute approximate surface area is 116 Å². The van der Waals surface area contributed by atoms with Gasteiger partial charge in [0.1, 0.15) is 11.6 Å². The van der Waals surface area contributed by atoms with E-state index in [1.807, 2.05) is 6.92 Å². The van der Waals surface area contributed by atoms with E-state index in [9.17, 15) is 9.50 Å². The van der Waals surface area contributed by atoms with Gasteiger partial charge in [-0.15, -0.1) is 0 Å². The Hall–Kier alpha value is -1.39. The van der Waals surface area contributed by atoms with Crippen LogP contribution in [0.15, 0.2) is 35.0 Å². The smallest absolute Gasteiger partial charge is 0.123 e. The fourth-order valence-corrected chi connectivity index (χ4v) is 2.89. The molecule has 0 aliphatic rings. The van der Waals surface area contributed by atoms with Crippen molar-refractivity contribution in [2.24, 2.45) is 0 Å². The molecule has 2 atom stereocenters. The van der Waals surface area contributed by atoms with Gasteiger partial charge in [0.2, 0.25) is 0 Å². The highest BCUT2D eigenvalue weighted by Crippen LogP contribution is 2.25. The van der Waals surface area contributed by atoms with Gasteiger partial charge >= 0.3 is 0 Å². The fourth-order valence-electron chi connectivity index (χ4n) is 2.21. The third-order valence-corrected chi connectivity index (χ3v) is 3.84. The number of nitrogens with one attached hydrogen (secondary N) is 1. The zero-order chi connectivity index (χ0) is 13.8. The van der Waals surface area contributed by atoms with Gasteiger partial charge in [0.15, 0.2) is 0 Å². The summed E-state index contributed by atoms with van der Waals surface area (Å²) >= 11 is 1.68. The molecule has 2 N–H and O–H groups in total. The minimum absolute atomic E-state index is 0.0932. The van der Waals surface area contributed by atoms with Crippen LogP contribution < -0.4 is 5.32 Å². The average molecular weight is 279 g/mol. The zero-order valence-electron chi connectivity index (χ0n) is 11.1. The summed E-state index contributed by atoms with van der Waals surface area (Å²) in [7, 11) is 0. The zero-order valence-corrected chi connectivity index (χ0v) is 11.9. The number of phenols is 1. The molecule has 102 valence electrons. The molecule has 1 aromatic carbocycles. The number of hydrogen-bond acceptors (Lipinski definition) is 3. The summed E-state index contributed by atoms with van der Waals surface area (Å²) in [4.78, 5) is 0. The van der Waals surface area contributed by atoms with E-state index in [4.69, 9.17) is 0 Å². The standard InChI is InChI=1S/C15H18FNOS/c1-10(7-12-5-6-19-9-12)17-11(2)14-8-13(16)3-4-15(14)18/h3-6,8-11,17-18H,7H2,1-2H3. The second-order valence-corrected chi connectivity index (χ2v) is 5.61. The Bertz CT molecular complexity index is 527. The lowest BCUT2D eigenvalue weighted by molar-refractivity contribution is 0.430. The molecule has 2 rings (SSSR count). The molecule has 4 heteroatoms. The lowest BCUT2D eigenvalue weighted by atomic mass is 10.0. The van der Waals surface area contributed by atoms with E-state index in [2.05, 4.69) is 29.1 Å². The van der Waals surface area contributed by atoms with Gasteiger partial charge in [0.25, 0.3) is 0 Å². The number of aromatic hydroxyl groups is 1. The Morgan fingerprint density at radius 1 is 1.32 bits per heavy atom. The van der Waals surface area contributed by atoms with Crippen LogP contribution in [0.2, 0.25) is 0 Å². The van der Waals surface area contributed by atoms with E-state index < -0.39 is 0 Å². The summed E-state index contributed by atoms with van der Waals surface area (Å²) in [6.07, 6.45) is 0.921. The predicted molar refractivity (Wildman–Crippen MR) is 77.1 cm³/mol. The molecular formula is C15H18FNOS. The van der Waals surface area contributed by atoms with Crippen molar-refractivity contribution in [2.45, 2.75) is 32.4 Å². The van der Waals surface area contributed by atoms with Crippen LogP contribution in [0.25, 0.3) is 0 Å². The predicted octanol–water partition coefficient (Wildman–Crippen LogP) is 3.87. The highest BCUT2D eigenvalue weighted by Gasteiger charge is 2.14. The SMILES string of the molecule is CC(Cc1ccsc1)NC(C)c1cc(F)ccc1O. The molecule has 2 unspecified atom stereocenters. The Morgan fingerprint density at radius 3 is 2.79 bits per heavy atom. The van der Waals surface area contributed by atoms with Crippen LogP contribution in [0.1, 0.15) is 31.0 Å². The molecule has 0 saturated heterocycles. The number of halogens is 1. The molecule has 0 radical (unpaired) electrons. The number of rotatable bonds is 5. The lowest BCUT2D eigenvalue weighted by Crippen LogP contribution is -2.30. The molecule has 0 saturated carbocycles. The van der Waals surface area contributed by atoms with Crippen molar-refractivity contribution in [1.82, 2.24) is 5.32 Å². The average Bonchev–Trinajstić information content (AvgIpc) is 2.84. The van der Waals surface area contributed by atoms with Gasteiger partial charge in [-0.3, -0.25) is 0 Å². The van der Waals surface area contributed by atoms with E-state index in [0.29, 0.717) is 5.56 Å². The van der Waals surface area contributed by atoms with Crippen molar-refractivity contribution >= 4 is 11.3 Å². The van der Waals surface area contributed by atoms with Gasteiger partial charge in [-0.05, 0) is 60.9 Å². The summed E-state index contributed by atoms with van der Waals surface area (Å²) in [6.45, 7) is 4.02. The lowest BCUT2D eigenvalue weighted by Gasteiger charge is -2.21. The highest BCUT2D eigenvalue weighted by atomic mass is 32.1. The van der Waals surface area contributed by atoms with Gasteiger partial charge in [-0.25, -0.2) is 4.39 Å². The summed E-state index contributed by atoms with van der Waals surface area (Å²) in [5.74, 6) is -0.198. The fraction of sp³-hybridized carbons (Fsp3) is 0.333. The highest BCUT2D eigenvalue weighted by molar-refractivity contribution is 7.07. The first-order valence-corrected chi connectivity index (χ1v) is 7.26. The van der Waals surface area contributed by atoms with E-state index in [1.165, 1.54) is 23.8 Å². The van der Waals surface area contributed by atoms with E-state index in [0.717, 1.165) is 6.42 Å². The molecule has 0 spiro atoms. The molecule has 0 aliphatic heterocycles. The summed E-state index contributed by atoms with van der Waals surface area (Å²) < 4.78 is 13.2. The number of thiophene rings is 1. The number of phenolic OH excluding ortho intramolecular Hbond substituents is 1. The second-order valence-electron chi connectivity index (χ2n) is 4.83. The molecule has 0 fully saturated rings. The molecule has 2 aromatic rings. The quantitative estimate of drug-likeness (QED) is 0.870. The maximum absolute atomic E-state index is 13.2. The van der Waals surface area contributed by atoms with Crippen LogP contribution in [-0.2, 0) is 6.42 Å². The van der Waals surface area contributed by atoms with Gasteiger partial charge in [-0.1, -0.05) is 0 Å². The second kappa shape index (κ2) is 6.17. The minimum Gasteiger partial charge on any atom is -0.508 e. The van der Waals surface area contributed by atoms with Gasteiger partial charge in [0.05, 0.1) is 0 Å². The molecule has 0 bridgehead atoms. The minimum atomic E-state index is -0.327. The third-order valence-electron chi connectivity index (χ3n) is 3.11. The van der Waals surface area contributed by atoms with E-state index >= 15 is 0 Å². The normalized spacial score (nSPS) is 14.3. The molecule has 19 heavy (non-hydrogen) atoms. The van der Waals surface area contributed by atoms with Gasteiger partial charge in [-0.2, -0.15) is 11.3 Å². The van der Waals surface area contributed by atoms with Crippen molar-refractivity contribution in [3.8, 4) is 5.75 Å². The topological polar surface area (TPSA) is 32.3 Å². The first-order chi connectivity index (χ1) is 9.06. The van der Waals surface area contributed by atoms with E-state index in [-0.39, 0.29) is 23.7 Å². The maximum Gasteiger partial charge on any atom is 0.123 e. The Kier molecular flexibility index (Phi) is 4.56. The first kappa shape index (κ1) is 14.0. The molecule has 1 aromatic heterocycles. The summed E-state index contributed by atoms with van der Waals surface area (Å²) in [5, 5.41) is 17.3. The van der Waals surface area contributed by atoms with Crippen LogP contribution in [-0.4, -0.2) is 11.1 Å². The number of benzene rings is 1. The van der Waals surface area contributed by atoms with E-state index in [1.54, 1.807) is 11.3 Å². The molecule has 2 nitrogen and oxygen atoms in total. The van der Waals surface area contributed by atoms with Crippen molar-refractivity contribution in [1.29, 1.82) is 0 Å². The van der Waals surface area contributed by atoms with Crippen molar-refractivity contribution < 1.29 is 9.50 Å². The van der Waals surface area contributed by atoms with Crippen molar-refractivity contribution in [3.63, 3.8) is 0 Å². The monoisotopic (exact) mass is 279 g/mol. The van der Waals surface area contributed by atoms with Crippen LogP contribution >= 0.6 is 11.3 Å². The molecule has 0 aliphatic carbocycles. The van der Waals surface area contributed by atoms with Crippen LogP contribution in [0.5, 0.6) is 5.75 Å². The van der Waals surface area contributed by atoms with Gasteiger partial charge < -0.3 is 10.4 Å². The summed E-state index contributed by atoms with van der Waals surface area (Å²) in [6, 6.07) is 6.31. The Morgan fingerprint density at radius 2 is 2.11 bits per heavy atom. The summed E-state index contributed by atoms with van der Waals surface area (Å²) in [5.41, 5.74) is 1.89. The largest absolute Gasteiger partial charge is 0.508 e. The van der Waals surface area contributed by atoms with Gasteiger partial charge in [0, 0.05) is 17.6 Å². The first-order valence-electron chi connectivity index (χ1n) is 6.32. The van der Waals surface area contributed by atoms with Crippen LogP contribution in [0.3, 0.4) is 0 Å². The molecule has 0 amide bonds. The Balaban J connectivity index is 2.00. The number of hydrogen-bond donors (Lipinski definition) is 2. The van der Waals surface area contributed by atoms with Crippen molar-refractivity contribution in [2.75, 3.05) is 0 Å². The third kappa shape index (κ3) is 3.78. The maximum atomic E-state index is 13.2. The van der Waals surface area contributed by atoms with Crippen molar-refractivity contribution in [3.05, 3.63) is 52.0 Å².